The number of nitrogens with one attached hydrogen (secondary N) is 1. The van der Waals surface area contributed by atoms with E-state index in [1.165, 1.54) is 29.2 Å². The first kappa shape index (κ1) is 17.8. The number of aromatic nitrogens is 1. The van der Waals surface area contributed by atoms with Crippen molar-refractivity contribution in [2.75, 3.05) is 13.1 Å². The van der Waals surface area contributed by atoms with Crippen LogP contribution in [0.15, 0.2) is 42.5 Å². The lowest BCUT2D eigenvalue weighted by Gasteiger charge is -2.49. The minimum absolute atomic E-state index is 0.0179. The van der Waals surface area contributed by atoms with Gasteiger partial charge in [-0.1, -0.05) is 12.1 Å². The van der Waals surface area contributed by atoms with Crippen molar-refractivity contribution in [1.82, 2.24) is 14.8 Å². The largest absolute Gasteiger partial charge is 0.356 e. The SMILES string of the molecule is CC12C(=O)N(Cc3ccc(F)cc3)CC(=O)N1CCc1c2[nH]c2ccc(F)cc12. The van der Waals surface area contributed by atoms with Gasteiger partial charge in [-0.3, -0.25) is 9.59 Å². The maximum atomic E-state index is 13.8. The standard InChI is InChI=1S/C22H19F2N3O2/c1-22-20-16(17-10-15(24)6-7-18(17)25-20)8-9-27(22)19(28)12-26(21(22)29)11-13-2-4-14(23)5-3-13/h2-7,10,25H,8-9,11-12H2,1H3. The van der Waals surface area contributed by atoms with Crippen LogP contribution in [0.1, 0.15) is 23.7 Å². The molecule has 7 heteroatoms. The van der Waals surface area contributed by atoms with Crippen LogP contribution in [0.2, 0.25) is 0 Å². The van der Waals surface area contributed by atoms with Crippen LogP contribution in [0.5, 0.6) is 0 Å². The number of carbonyl (C=O) groups excluding carboxylic acids is 2. The van der Waals surface area contributed by atoms with Gasteiger partial charge in [-0.25, -0.2) is 8.78 Å². The summed E-state index contributed by atoms with van der Waals surface area (Å²) in [6, 6.07) is 10.4. The number of amides is 2. The summed E-state index contributed by atoms with van der Waals surface area (Å²) in [6.07, 6.45) is 0.561. The number of aromatic amines is 1. The van der Waals surface area contributed by atoms with Crippen molar-refractivity contribution in [2.45, 2.75) is 25.4 Å². The zero-order valence-electron chi connectivity index (χ0n) is 15.8. The Morgan fingerprint density at radius 2 is 1.79 bits per heavy atom. The monoisotopic (exact) mass is 395 g/mol. The molecule has 2 aromatic carbocycles. The maximum absolute atomic E-state index is 13.8. The van der Waals surface area contributed by atoms with E-state index in [0.29, 0.717) is 18.7 Å². The molecule has 2 amide bonds. The Balaban J connectivity index is 1.59. The molecule has 1 fully saturated rings. The molecule has 1 atom stereocenters. The molecule has 5 rings (SSSR count). The van der Waals surface area contributed by atoms with Crippen LogP contribution in [0.25, 0.3) is 10.9 Å². The zero-order valence-corrected chi connectivity index (χ0v) is 15.8. The van der Waals surface area contributed by atoms with Gasteiger partial charge < -0.3 is 14.8 Å². The van der Waals surface area contributed by atoms with Gasteiger partial charge in [0.1, 0.15) is 18.2 Å². The molecule has 0 aliphatic carbocycles. The molecule has 148 valence electrons. The third-order valence-electron chi connectivity index (χ3n) is 6.10. The zero-order chi connectivity index (χ0) is 20.3. The average Bonchev–Trinajstić information content (AvgIpc) is 3.07. The fraction of sp³-hybridized carbons (Fsp3) is 0.273. The number of H-pyrrole nitrogens is 1. The first-order chi connectivity index (χ1) is 13.9. The van der Waals surface area contributed by atoms with Gasteiger partial charge in [-0.15, -0.1) is 0 Å². The number of carbonyl (C=O) groups is 2. The molecule has 3 heterocycles. The van der Waals surface area contributed by atoms with E-state index < -0.39 is 5.54 Å². The number of halogens is 2. The van der Waals surface area contributed by atoms with E-state index in [0.717, 1.165) is 22.0 Å². The van der Waals surface area contributed by atoms with E-state index in [2.05, 4.69) is 4.98 Å². The Morgan fingerprint density at radius 3 is 2.55 bits per heavy atom. The predicted molar refractivity (Wildman–Crippen MR) is 103 cm³/mol. The van der Waals surface area contributed by atoms with Crippen LogP contribution in [0.3, 0.4) is 0 Å². The molecule has 1 N–H and O–H groups in total. The molecule has 0 radical (unpaired) electrons. The molecule has 0 spiro atoms. The van der Waals surface area contributed by atoms with E-state index >= 15 is 0 Å². The van der Waals surface area contributed by atoms with Crippen LogP contribution in [-0.4, -0.2) is 39.7 Å². The quantitative estimate of drug-likeness (QED) is 0.725. The van der Waals surface area contributed by atoms with Crippen LogP contribution in [0, 0.1) is 11.6 Å². The molecule has 0 bridgehead atoms. The van der Waals surface area contributed by atoms with Crippen LogP contribution < -0.4 is 0 Å². The van der Waals surface area contributed by atoms with E-state index in [1.54, 1.807) is 30.0 Å². The Morgan fingerprint density at radius 1 is 1.07 bits per heavy atom. The van der Waals surface area contributed by atoms with Crippen molar-refractivity contribution in [2.24, 2.45) is 0 Å². The van der Waals surface area contributed by atoms with E-state index in [-0.39, 0.29) is 36.5 Å². The molecule has 0 saturated carbocycles. The molecular weight excluding hydrogens is 376 g/mol. The lowest BCUT2D eigenvalue weighted by molar-refractivity contribution is -0.166. The van der Waals surface area contributed by atoms with Crippen molar-refractivity contribution in [3.05, 3.63) is 70.9 Å². The first-order valence-corrected chi connectivity index (χ1v) is 9.53. The fourth-order valence-corrected chi connectivity index (χ4v) is 4.64. The van der Waals surface area contributed by atoms with Crippen molar-refractivity contribution in [3.8, 4) is 0 Å². The van der Waals surface area contributed by atoms with Gasteiger partial charge in [0.05, 0.1) is 5.69 Å². The second kappa shape index (κ2) is 6.14. The normalized spacial score (nSPS) is 21.5. The fourth-order valence-electron chi connectivity index (χ4n) is 4.64. The van der Waals surface area contributed by atoms with Gasteiger partial charge in [0.15, 0.2) is 5.54 Å². The molecule has 2 aliphatic rings. The highest BCUT2D eigenvalue weighted by Gasteiger charge is 2.54. The van der Waals surface area contributed by atoms with E-state index in [1.807, 2.05) is 0 Å². The number of rotatable bonds is 2. The summed E-state index contributed by atoms with van der Waals surface area (Å²) < 4.78 is 27.0. The summed E-state index contributed by atoms with van der Waals surface area (Å²) >= 11 is 0. The minimum Gasteiger partial charge on any atom is -0.356 e. The highest BCUT2D eigenvalue weighted by atomic mass is 19.1. The number of nitrogens with zero attached hydrogens (tertiary/aromatic N) is 2. The highest BCUT2D eigenvalue weighted by molar-refractivity contribution is 6.00. The second-order valence-corrected chi connectivity index (χ2v) is 7.82. The maximum Gasteiger partial charge on any atom is 0.255 e. The van der Waals surface area contributed by atoms with Crippen LogP contribution >= 0.6 is 0 Å². The molecule has 2 aliphatic heterocycles. The van der Waals surface area contributed by atoms with Gasteiger partial charge in [-0.05, 0) is 54.8 Å². The summed E-state index contributed by atoms with van der Waals surface area (Å²) in [5.74, 6) is -1.02. The first-order valence-electron chi connectivity index (χ1n) is 9.53. The molecular formula is C22H19F2N3O2. The third kappa shape index (κ3) is 2.57. The van der Waals surface area contributed by atoms with Crippen molar-refractivity contribution in [1.29, 1.82) is 0 Å². The molecule has 29 heavy (non-hydrogen) atoms. The predicted octanol–water partition coefficient (Wildman–Crippen LogP) is 3.09. The summed E-state index contributed by atoms with van der Waals surface area (Å²) in [4.78, 5) is 32.9. The summed E-state index contributed by atoms with van der Waals surface area (Å²) in [5, 5.41) is 0.747. The van der Waals surface area contributed by atoms with Crippen molar-refractivity contribution >= 4 is 22.7 Å². The Bertz CT molecular complexity index is 1150. The summed E-state index contributed by atoms with van der Waals surface area (Å²) in [6.45, 7) is 2.35. The lowest BCUT2D eigenvalue weighted by Crippen LogP contribution is -2.66. The van der Waals surface area contributed by atoms with Gasteiger partial charge in [-0.2, -0.15) is 0 Å². The number of benzene rings is 2. The molecule has 1 saturated heterocycles. The summed E-state index contributed by atoms with van der Waals surface area (Å²) in [5.41, 5.74) is 1.84. The number of hydrogen-bond donors (Lipinski definition) is 1. The molecule has 5 nitrogen and oxygen atoms in total. The van der Waals surface area contributed by atoms with Gasteiger partial charge in [0.2, 0.25) is 5.91 Å². The molecule has 3 aromatic rings. The van der Waals surface area contributed by atoms with Gasteiger partial charge >= 0.3 is 0 Å². The van der Waals surface area contributed by atoms with Gasteiger partial charge in [0.25, 0.3) is 5.91 Å². The molecule has 1 aromatic heterocycles. The Kier molecular flexibility index (Phi) is 3.78. The number of fused-ring (bicyclic) bond motifs is 5. The van der Waals surface area contributed by atoms with Gasteiger partial charge in [0, 0.05) is 24.0 Å². The van der Waals surface area contributed by atoms with Crippen molar-refractivity contribution < 1.29 is 18.4 Å². The Hall–Kier alpha value is -3.22. The average molecular weight is 395 g/mol. The van der Waals surface area contributed by atoms with Crippen molar-refractivity contribution in [3.63, 3.8) is 0 Å². The van der Waals surface area contributed by atoms with E-state index in [9.17, 15) is 18.4 Å². The topological polar surface area (TPSA) is 56.4 Å². The second-order valence-electron chi connectivity index (χ2n) is 7.82. The summed E-state index contributed by atoms with van der Waals surface area (Å²) in [7, 11) is 0. The number of hydrogen-bond acceptors (Lipinski definition) is 2. The Labute approximate surface area is 165 Å². The third-order valence-corrected chi connectivity index (χ3v) is 6.10. The van der Waals surface area contributed by atoms with Crippen LogP contribution in [-0.2, 0) is 28.1 Å². The van der Waals surface area contributed by atoms with E-state index in [4.69, 9.17) is 0 Å². The molecule has 1 unspecified atom stereocenters. The minimum atomic E-state index is -1.18. The lowest BCUT2D eigenvalue weighted by atomic mass is 9.83. The van der Waals surface area contributed by atoms with Crippen LogP contribution in [0.4, 0.5) is 8.78 Å². The number of piperazine rings is 1. The highest BCUT2D eigenvalue weighted by Crippen LogP contribution is 2.42. The smallest absolute Gasteiger partial charge is 0.255 e.